The number of fused-ring (bicyclic) bond motifs is 1. The Bertz CT molecular complexity index is 2290. The van der Waals surface area contributed by atoms with Crippen LogP contribution in [-0.2, 0) is 37.3 Å². The van der Waals surface area contributed by atoms with Crippen molar-refractivity contribution in [2.45, 2.75) is 71.6 Å². The van der Waals surface area contributed by atoms with Crippen LogP contribution in [0.2, 0.25) is 0 Å². The van der Waals surface area contributed by atoms with Gasteiger partial charge in [-0.3, -0.25) is 0 Å². The maximum absolute atomic E-state index is 8.47. The van der Waals surface area contributed by atoms with E-state index in [-0.39, 0.29) is 31.9 Å². The van der Waals surface area contributed by atoms with Crippen molar-refractivity contribution in [2.75, 3.05) is 16.8 Å². The molecule has 0 saturated heterocycles. The average molecular weight is 881 g/mol. The molecule has 0 saturated carbocycles. The molecule has 0 unspecified atom stereocenters. The van der Waals surface area contributed by atoms with Crippen LogP contribution in [0.1, 0.15) is 90.2 Å². The normalized spacial score (nSPS) is 14.2. The topological polar surface area (TPSA) is 28.6 Å². The molecular formula is C48H48N3OPt-3. The molecule has 53 heavy (non-hydrogen) atoms. The fourth-order valence-electron chi connectivity index (χ4n) is 7.00. The summed E-state index contributed by atoms with van der Waals surface area (Å²) in [5.41, 5.74) is 9.02. The summed E-state index contributed by atoms with van der Waals surface area (Å²) in [5, 5.41) is 0. The van der Waals surface area contributed by atoms with E-state index in [2.05, 4.69) is 138 Å². The summed E-state index contributed by atoms with van der Waals surface area (Å²) in [6.07, 6.45) is 1.79. The fourth-order valence-corrected chi connectivity index (χ4v) is 7.00. The zero-order chi connectivity index (χ0) is 39.3. The van der Waals surface area contributed by atoms with Gasteiger partial charge in [0.15, 0.2) is 0 Å². The van der Waals surface area contributed by atoms with Crippen LogP contribution in [0, 0.1) is 32.6 Å². The number of ether oxygens (including phenoxy) is 1. The summed E-state index contributed by atoms with van der Waals surface area (Å²) >= 11 is 0. The van der Waals surface area contributed by atoms with Crippen molar-refractivity contribution in [3.8, 4) is 11.6 Å². The maximum atomic E-state index is 8.47. The molecule has 0 spiro atoms. The van der Waals surface area contributed by atoms with E-state index in [1.54, 1.807) is 12.9 Å². The second-order valence-electron chi connectivity index (χ2n) is 15.8. The van der Waals surface area contributed by atoms with Gasteiger partial charge < -0.3 is 14.5 Å². The molecule has 0 amide bonds. The molecule has 1 aliphatic rings. The number of hydrogen-bond donors (Lipinski definition) is 0. The number of pyridine rings is 1. The van der Waals surface area contributed by atoms with Gasteiger partial charge in [-0.15, -0.1) is 35.0 Å². The number of anilines is 3. The van der Waals surface area contributed by atoms with Gasteiger partial charge in [-0.25, -0.2) is 4.98 Å². The third-order valence-electron chi connectivity index (χ3n) is 10.1. The summed E-state index contributed by atoms with van der Waals surface area (Å²) in [4.78, 5) is 7.93. The van der Waals surface area contributed by atoms with Crippen molar-refractivity contribution in [1.82, 2.24) is 4.98 Å². The van der Waals surface area contributed by atoms with Gasteiger partial charge in [0, 0.05) is 60.0 Å². The van der Waals surface area contributed by atoms with Crippen LogP contribution in [-0.4, -0.2) is 12.0 Å². The van der Waals surface area contributed by atoms with Crippen molar-refractivity contribution < 1.29 is 29.9 Å². The van der Waals surface area contributed by atoms with Crippen molar-refractivity contribution in [1.29, 1.82) is 0 Å². The van der Waals surface area contributed by atoms with E-state index < -0.39 is 12.4 Å². The second kappa shape index (κ2) is 14.6. The molecule has 1 aliphatic heterocycles. The molecule has 0 bridgehead atoms. The molecule has 5 aromatic carbocycles. The van der Waals surface area contributed by atoms with Crippen molar-refractivity contribution in [3.63, 3.8) is 0 Å². The van der Waals surface area contributed by atoms with Crippen molar-refractivity contribution in [2.24, 2.45) is 0 Å². The van der Waals surface area contributed by atoms with Crippen LogP contribution in [0.3, 0.4) is 0 Å². The third-order valence-corrected chi connectivity index (χ3v) is 10.1. The predicted octanol–water partition coefficient (Wildman–Crippen LogP) is 11.8. The zero-order valence-corrected chi connectivity index (χ0v) is 34.0. The van der Waals surface area contributed by atoms with Crippen LogP contribution in [0.5, 0.6) is 11.6 Å². The van der Waals surface area contributed by atoms with E-state index in [1.807, 2.05) is 54.3 Å². The van der Waals surface area contributed by atoms with E-state index in [4.69, 9.17) is 8.85 Å². The van der Waals surface area contributed by atoms with Crippen LogP contribution in [0.25, 0.3) is 0 Å². The van der Waals surface area contributed by atoms with Gasteiger partial charge in [0.25, 0.3) is 0 Å². The van der Waals surface area contributed by atoms with Gasteiger partial charge in [-0.05, 0) is 77.7 Å². The number of aryl methyl sites for hydroxylation is 2. The predicted molar refractivity (Wildman–Crippen MR) is 215 cm³/mol. The first-order valence-electron chi connectivity index (χ1n) is 19.4. The largest absolute Gasteiger partial charge is 0.504 e. The van der Waals surface area contributed by atoms with E-state index in [0.29, 0.717) is 17.3 Å². The smallest absolute Gasteiger partial charge is 0.216 e. The summed E-state index contributed by atoms with van der Waals surface area (Å²) in [7, 11) is 0. The Morgan fingerprint density at radius 1 is 0.642 bits per heavy atom. The summed E-state index contributed by atoms with van der Waals surface area (Å²) < 4.78 is 31.9. The van der Waals surface area contributed by atoms with Gasteiger partial charge >= 0.3 is 0 Å². The number of nitrogens with zero attached hydrogens (tertiary/aromatic N) is 3. The molecule has 0 N–H and O–H groups in total. The van der Waals surface area contributed by atoms with Crippen molar-refractivity contribution in [3.05, 3.63) is 185 Å². The van der Waals surface area contributed by atoms with E-state index >= 15 is 0 Å². The maximum Gasteiger partial charge on any atom is 0.216 e. The molecule has 0 radical (unpaired) electrons. The minimum atomic E-state index is -2.38. The molecule has 2 heterocycles. The molecule has 4 nitrogen and oxygen atoms in total. The molecule has 0 atom stereocenters. The van der Waals surface area contributed by atoms with E-state index in [0.717, 1.165) is 55.9 Å². The molecular weight excluding hydrogens is 830 g/mol. The molecule has 0 aliphatic carbocycles. The van der Waals surface area contributed by atoms with E-state index in [1.165, 1.54) is 4.90 Å². The summed E-state index contributed by atoms with van der Waals surface area (Å²) in [6.45, 7) is 16.5. The quantitative estimate of drug-likeness (QED) is 0.118. The zero-order valence-electron chi connectivity index (χ0n) is 34.7. The van der Waals surface area contributed by atoms with Crippen LogP contribution in [0.4, 0.5) is 17.1 Å². The number of hydrogen-bond acceptors (Lipinski definition) is 4. The van der Waals surface area contributed by atoms with E-state index in [9.17, 15) is 0 Å². The molecule has 0 fully saturated rings. The summed E-state index contributed by atoms with van der Waals surface area (Å²) in [5.74, 6) is 1.04. The Hall–Kier alpha value is -4.66. The van der Waals surface area contributed by atoms with Crippen molar-refractivity contribution >= 4 is 17.1 Å². The fraction of sp³-hybridized carbons (Fsp3) is 0.250. The van der Waals surface area contributed by atoms with Gasteiger partial charge in [0.1, 0.15) is 0 Å². The molecule has 274 valence electrons. The standard InChI is InChI=1S/C48H48N3O.Pt/c1-33-25-43-44(26-34(33)2)51(32-50(43)9)41-28-39(47(6,7)8)27-40(29-41)48(35-17-12-10-13-18-35,36-19-14-11-15-20-36)38-21-16-22-42(30-38)52-45-31-37(23-24-49-45)46(3,4)5;/h10-28,31-32H,1-9H3;/q-3;/i9D3;. The first-order chi connectivity index (χ1) is 26.0. The number of benzene rings is 5. The van der Waals surface area contributed by atoms with Crippen LogP contribution >= 0.6 is 0 Å². The summed E-state index contributed by atoms with van der Waals surface area (Å²) in [6, 6.07) is 47.0. The Kier molecular flexibility index (Phi) is 9.42. The first-order valence-corrected chi connectivity index (χ1v) is 17.9. The first kappa shape index (κ1) is 34.1. The SMILES string of the molecule is [2H]C([2H])([2H])N1[CH-]N(c2[c-]c(C(c3[c-]c(Oc4cc(C(C)(C)C)ccn4)ccc3)(c3ccccc3)c3ccccc3)cc(C(C)(C)C)c2)c2cc(C)c(C)cc21.[Pt]. The Labute approximate surface area is 335 Å². The van der Waals surface area contributed by atoms with Crippen LogP contribution < -0.4 is 14.5 Å². The van der Waals surface area contributed by atoms with Gasteiger partial charge in [0.05, 0.1) is 0 Å². The third kappa shape index (κ3) is 7.31. The molecule has 7 rings (SSSR count). The monoisotopic (exact) mass is 880 g/mol. The average Bonchev–Trinajstić information content (AvgIpc) is 3.51. The number of aromatic nitrogens is 1. The Morgan fingerprint density at radius 3 is 1.87 bits per heavy atom. The molecule has 6 aromatic rings. The second-order valence-corrected chi connectivity index (χ2v) is 15.8. The Balaban J connectivity index is 0.00000532. The minimum absolute atomic E-state index is 0. The Morgan fingerprint density at radius 2 is 1.26 bits per heavy atom. The van der Waals surface area contributed by atoms with Gasteiger partial charge in [0.2, 0.25) is 5.88 Å². The number of rotatable bonds is 7. The molecule has 5 heteroatoms. The minimum Gasteiger partial charge on any atom is -0.504 e. The van der Waals surface area contributed by atoms with Gasteiger partial charge in [-0.2, -0.15) is 36.5 Å². The van der Waals surface area contributed by atoms with Crippen LogP contribution in [0.15, 0.2) is 121 Å². The molecule has 1 aromatic heterocycles. The van der Waals surface area contributed by atoms with Gasteiger partial charge in [-0.1, -0.05) is 102 Å².